The second-order valence-corrected chi connectivity index (χ2v) is 6.23. The summed E-state index contributed by atoms with van der Waals surface area (Å²) >= 11 is 0. The van der Waals surface area contributed by atoms with E-state index in [4.69, 9.17) is 0 Å². The first-order chi connectivity index (χ1) is 8.20. The molecular formula is C13H25N3O2. The molecule has 0 aliphatic carbocycles. The molecule has 0 aromatic rings. The maximum atomic E-state index is 12.2. The Morgan fingerprint density at radius 2 is 1.94 bits per heavy atom. The van der Waals surface area contributed by atoms with Gasteiger partial charge in [-0.25, -0.2) is 0 Å². The van der Waals surface area contributed by atoms with Crippen molar-refractivity contribution in [3.63, 3.8) is 0 Å². The van der Waals surface area contributed by atoms with E-state index in [1.165, 1.54) is 4.90 Å². The van der Waals surface area contributed by atoms with E-state index >= 15 is 0 Å². The van der Waals surface area contributed by atoms with E-state index in [1.54, 1.807) is 7.05 Å². The summed E-state index contributed by atoms with van der Waals surface area (Å²) in [5.74, 6) is 0.275. The third kappa shape index (κ3) is 4.29. The number of likely N-dealkylation sites (N-methyl/N-ethyl adjacent to an activating group) is 1. The summed E-state index contributed by atoms with van der Waals surface area (Å²) in [5.41, 5.74) is -0.261. The topological polar surface area (TPSA) is 61.4 Å². The first-order valence-corrected chi connectivity index (χ1v) is 6.47. The van der Waals surface area contributed by atoms with E-state index in [2.05, 4.69) is 17.6 Å². The zero-order valence-electron chi connectivity index (χ0n) is 12.0. The van der Waals surface area contributed by atoms with Crippen LogP contribution < -0.4 is 10.6 Å². The summed E-state index contributed by atoms with van der Waals surface area (Å²) in [6.07, 6.45) is 0. The molecule has 0 aromatic carbocycles. The first-order valence-electron chi connectivity index (χ1n) is 6.47. The van der Waals surface area contributed by atoms with Crippen LogP contribution in [-0.4, -0.2) is 48.9 Å². The van der Waals surface area contributed by atoms with Crippen LogP contribution in [0.1, 0.15) is 27.7 Å². The number of carbonyl (C=O) groups is 2. The van der Waals surface area contributed by atoms with Gasteiger partial charge in [0.05, 0.1) is 12.5 Å². The van der Waals surface area contributed by atoms with Crippen molar-refractivity contribution < 1.29 is 9.59 Å². The van der Waals surface area contributed by atoms with E-state index in [9.17, 15) is 9.59 Å². The minimum absolute atomic E-state index is 0.00237. The smallest absolute Gasteiger partial charge is 0.240 e. The number of amides is 2. The number of nitrogens with zero attached hydrogens (tertiary/aromatic N) is 1. The highest BCUT2D eigenvalue weighted by Gasteiger charge is 2.32. The Bertz CT molecular complexity index is 323. The molecule has 5 heteroatoms. The third-order valence-electron chi connectivity index (χ3n) is 3.11. The lowest BCUT2D eigenvalue weighted by molar-refractivity contribution is -0.138. The molecule has 0 radical (unpaired) electrons. The van der Waals surface area contributed by atoms with Gasteiger partial charge >= 0.3 is 0 Å². The lowest BCUT2D eigenvalue weighted by Gasteiger charge is -2.25. The number of rotatable bonds is 3. The maximum Gasteiger partial charge on any atom is 0.240 e. The summed E-state index contributed by atoms with van der Waals surface area (Å²) in [4.78, 5) is 25.4. The van der Waals surface area contributed by atoms with Crippen LogP contribution in [0.5, 0.6) is 0 Å². The Labute approximate surface area is 109 Å². The summed E-state index contributed by atoms with van der Waals surface area (Å²) in [6.45, 7) is 9.55. The predicted molar refractivity (Wildman–Crippen MR) is 71.1 cm³/mol. The van der Waals surface area contributed by atoms with Crippen LogP contribution in [0.4, 0.5) is 0 Å². The van der Waals surface area contributed by atoms with Crippen molar-refractivity contribution in [1.29, 1.82) is 0 Å². The molecule has 1 fully saturated rings. The maximum absolute atomic E-state index is 12.2. The largest absolute Gasteiger partial charge is 0.350 e. The van der Waals surface area contributed by atoms with Crippen LogP contribution in [0.25, 0.3) is 0 Å². The number of hydrogen-bond acceptors (Lipinski definition) is 3. The highest BCUT2D eigenvalue weighted by Crippen LogP contribution is 2.17. The van der Waals surface area contributed by atoms with Gasteiger partial charge in [0, 0.05) is 19.1 Å². The Hall–Kier alpha value is -1.10. The Morgan fingerprint density at radius 1 is 1.33 bits per heavy atom. The van der Waals surface area contributed by atoms with Gasteiger partial charge in [0.1, 0.15) is 0 Å². The molecule has 2 amide bonds. The summed E-state index contributed by atoms with van der Waals surface area (Å²) < 4.78 is 0. The van der Waals surface area contributed by atoms with Gasteiger partial charge in [-0.05, 0) is 33.2 Å². The average molecular weight is 255 g/mol. The molecule has 104 valence electrons. The van der Waals surface area contributed by atoms with Crippen molar-refractivity contribution in [3.8, 4) is 0 Å². The fraction of sp³-hybridized carbons (Fsp3) is 0.846. The molecule has 0 aromatic heterocycles. The lowest BCUT2D eigenvalue weighted by Crippen LogP contribution is -2.47. The van der Waals surface area contributed by atoms with Gasteiger partial charge in [-0.3, -0.25) is 9.59 Å². The molecule has 2 atom stereocenters. The van der Waals surface area contributed by atoms with Gasteiger partial charge in [0.25, 0.3) is 0 Å². The molecule has 1 rings (SSSR count). The first kappa shape index (κ1) is 15.0. The minimum Gasteiger partial charge on any atom is -0.350 e. The standard InChI is InChI=1S/C13H25N3O2/c1-9-6-14-7-10(9)12(18)16(5)8-11(17)15-13(2,3)4/h9-10,14H,6-8H2,1-5H3,(H,15,17). The molecule has 18 heavy (non-hydrogen) atoms. The summed E-state index contributed by atoms with van der Waals surface area (Å²) in [5, 5.41) is 6.06. The number of nitrogens with one attached hydrogen (secondary N) is 2. The van der Waals surface area contributed by atoms with Crippen molar-refractivity contribution >= 4 is 11.8 Å². The second kappa shape index (κ2) is 5.69. The van der Waals surface area contributed by atoms with E-state index in [0.29, 0.717) is 12.5 Å². The highest BCUT2D eigenvalue weighted by molar-refractivity contribution is 5.86. The molecular weight excluding hydrogens is 230 g/mol. The van der Waals surface area contributed by atoms with Crippen molar-refractivity contribution in [2.45, 2.75) is 33.2 Å². The Kier molecular flexibility index (Phi) is 4.73. The molecule has 1 heterocycles. The molecule has 0 bridgehead atoms. The zero-order chi connectivity index (χ0) is 13.9. The van der Waals surface area contributed by atoms with Crippen molar-refractivity contribution in [2.75, 3.05) is 26.7 Å². The lowest BCUT2D eigenvalue weighted by atomic mass is 9.97. The van der Waals surface area contributed by atoms with E-state index < -0.39 is 0 Å². The van der Waals surface area contributed by atoms with Crippen molar-refractivity contribution in [2.24, 2.45) is 11.8 Å². The van der Waals surface area contributed by atoms with Gasteiger partial charge in [-0.2, -0.15) is 0 Å². The molecule has 5 nitrogen and oxygen atoms in total. The van der Waals surface area contributed by atoms with Gasteiger partial charge in [0.15, 0.2) is 0 Å². The van der Waals surface area contributed by atoms with E-state index in [1.807, 2.05) is 20.8 Å². The minimum atomic E-state index is -0.261. The third-order valence-corrected chi connectivity index (χ3v) is 3.11. The second-order valence-electron chi connectivity index (χ2n) is 6.23. The molecule has 1 saturated heterocycles. The normalized spacial score (nSPS) is 23.8. The van der Waals surface area contributed by atoms with Crippen LogP contribution in [0.15, 0.2) is 0 Å². The average Bonchev–Trinajstić information content (AvgIpc) is 2.60. The summed E-state index contributed by atoms with van der Waals surface area (Å²) in [6, 6.07) is 0. The quantitative estimate of drug-likeness (QED) is 0.758. The molecule has 0 spiro atoms. The molecule has 2 unspecified atom stereocenters. The molecule has 0 saturated carbocycles. The van der Waals surface area contributed by atoms with Gasteiger partial charge < -0.3 is 15.5 Å². The zero-order valence-corrected chi connectivity index (χ0v) is 12.0. The fourth-order valence-corrected chi connectivity index (χ4v) is 2.17. The SMILES string of the molecule is CC1CNCC1C(=O)N(C)CC(=O)NC(C)(C)C. The van der Waals surface area contributed by atoms with E-state index in [0.717, 1.165) is 6.54 Å². The van der Waals surface area contributed by atoms with Crippen LogP contribution >= 0.6 is 0 Å². The Morgan fingerprint density at radius 3 is 2.39 bits per heavy atom. The van der Waals surface area contributed by atoms with Crippen LogP contribution in [0.2, 0.25) is 0 Å². The van der Waals surface area contributed by atoms with Crippen LogP contribution in [-0.2, 0) is 9.59 Å². The Balaban J connectivity index is 2.47. The highest BCUT2D eigenvalue weighted by atomic mass is 16.2. The number of carbonyl (C=O) groups excluding carboxylic acids is 2. The van der Waals surface area contributed by atoms with Gasteiger partial charge in [-0.15, -0.1) is 0 Å². The molecule has 1 aliphatic rings. The van der Waals surface area contributed by atoms with Crippen molar-refractivity contribution in [1.82, 2.24) is 15.5 Å². The predicted octanol–water partition coefficient (Wildman–Crippen LogP) is 0.215. The summed E-state index contributed by atoms with van der Waals surface area (Å²) in [7, 11) is 1.69. The van der Waals surface area contributed by atoms with Crippen LogP contribution in [0, 0.1) is 11.8 Å². The fourth-order valence-electron chi connectivity index (χ4n) is 2.17. The van der Waals surface area contributed by atoms with Crippen molar-refractivity contribution in [3.05, 3.63) is 0 Å². The van der Waals surface area contributed by atoms with E-state index in [-0.39, 0.29) is 29.8 Å². The molecule has 2 N–H and O–H groups in total. The molecule has 1 aliphatic heterocycles. The van der Waals surface area contributed by atoms with Crippen LogP contribution in [0.3, 0.4) is 0 Å². The van der Waals surface area contributed by atoms with Gasteiger partial charge in [0.2, 0.25) is 11.8 Å². The number of hydrogen-bond donors (Lipinski definition) is 2. The van der Waals surface area contributed by atoms with Gasteiger partial charge in [-0.1, -0.05) is 6.92 Å². The monoisotopic (exact) mass is 255 g/mol.